The normalized spacial score (nSPS) is 15.0. The van der Waals surface area contributed by atoms with Crippen molar-refractivity contribution >= 4 is 51.4 Å². The first-order valence-electron chi connectivity index (χ1n) is 28.7. The molecule has 5 rings (SSSR count). The summed E-state index contributed by atoms with van der Waals surface area (Å²) in [6.45, 7) is 8.60. The number of benzene rings is 3. The number of amidine groups is 1. The molecule has 2 atom stereocenters. The Kier molecular flexibility index (Phi) is 32.9. The highest BCUT2D eigenvalue weighted by atomic mass is 32.2. The molecule has 3 amide bonds. The number of aliphatic hydroxyl groups is 2. The van der Waals surface area contributed by atoms with E-state index in [9.17, 15) is 55.4 Å². The minimum atomic E-state index is -5.66. The summed E-state index contributed by atoms with van der Waals surface area (Å²) in [5.41, 5.74) is 10.2. The number of aliphatic imine (C=N–C) groups is 1. The predicted octanol–water partition coefficient (Wildman–Crippen LogP) is 3.41. The number of hydrogen-bond acceptors (Lipinski definition) is 21. The summed E-state index contributed by atoms with van der Waals surface area (Å²) in [5, 5.41) is 22.6. The fourth-order valence-electron chi connectivity index (χ4n) is 8.69. The van der Waals surface area contributed by atoms with E-state index in [1.165, 1.54) is 4.90 Å². The Morgan fingerprint density at radius 2 is 1.16 bits per heavy atom. The number of ether oxygens (including phenoxy) is 11. The van der Waals surface area contributed by atoms with Crippen LogP contribution in [0.15, 0.2) is 57.9 Å². The standard InChI is InChI=1S/C58H79F4N5O20S/c1-2-12-66(13-3-14-68)57(72)44-35-43-9-8-42(36-46(43)65-48(63)37-44)40-4-6-41(7-5-40)58(73)67-39-45(69)38-47(67)56(71)64-11-16-78-18-20-80-22-24-82-26-28-84-30-32-86-34-33-85-31-29-83-27-25-81-23-21-79-19-17-77-15-10-49(70)87-54-50(59)52(61)55(88(74,75)76)53(62)51(54)60/h4-9,35-36,45,47,68-69H,2-3,10-34,37-39H2,1H3,(H2,63,65)(H,64,71)(H,74,75,76)/t45-,47+/m1/s1. The summed E-state index contributed by atoms with van der Waals surface area (Å²) in [7, 11) is -5.66. The molecule has 1 saturated heterocycles. The number of β-amino-alcohol motifs (C(OH)–C–C–N with tert-alkyl or cyclic N) is 1. The van der Waals surface area contributed by atoms with Crippen molar-refractivity contribution in [1.82, 2.24) is 15.1 Å². The van der Waals surface area contributed by atoms with Crippen molar-refractivity contribution in [2.45, 2.75) is 56.1 Å². The smallest absolute Gasteiger partial charge is 0.313 e. The first-order chi connectivity index (χ1) is 42.4. The van der Waals surface area contributed by atoms with E-state index in [0.717, 1.165) is 23.1 Å². The summed E-state index contributed by atoms with van der Waals surface area (Å²) >= 11 is 0. The van der Waals surface area contributed by atoms with Crippen LogP contribution in [0.1, 0.15) is 54.9 Å². The SMILES string of the molecule is CCCN(CCCO)C(=O)C1=Cc2ccc(-c3ccc(C(=O)N4C[C@H](O)C[C@H]4C(=O)NCCOCCOCCOCCOCCOCCOCCOCCOCCOCCOCCC(=O)Oc4c(F)c(F)c(S(=O)(=O)O)c(F)c4F)cc3)cc2N=C(N)C1. The van der Waals surface area contributed by atoms with E-state index in [4.69, 9.17) is 57.7 Å². The van der Waals surface area contributed by atoms with Gasteiger partial charge in [0.15, 0.2) is 16.5 Å². The molecule has 0 radical (unpaired) electrons. The van der Waals surface area contributed by atoms with E-state index >= 15 is 0 Å². The van der Waals surface area contributed by atoms with Crippen LogP contribution in [0, 0.1) is 23.3 Å². The quantitative estimate of drug-likeness (QED) is 0.0135. The molecule has 0 unspecified atom stereocenters. The number of nitrogens with zero attached hydrogens (tertiary/aromatic N) is 3. The molecular formula is C58H79F4N5O20S. The molecule has 2 aliphatic heterocycles. The number of aliphatic hydroxyl groups excluding tert-OH is 2. The maximum absolute atomic E-state index is 14.0. The van der Waals surface area contributed by atoms with Crippen molar-refractivity contribution in [2.24, 2.45) is 10.7 Å². The summed E-state index contributed by atoms with van der Waals surface area (Å²) in [6.07, 6.45) is 1.93. The first kappa shape index (κ1) is 72.6. The minimum Gasteiger partial charge on any atom is -0.420 e. The second kappa shape index (κ2) is 39.8. The lowest BCUT2D eigenvalue weighted by Crippen LogP contribution is -2.46. The van der Waals surface area contributed by atoms with Crippen LogP contribution in [0.25, 0.3) is 17.2 Å². The van der Waals surface area contributed by atoms with Crippen LogP contribution in [0.4, 0.5) is 23.2 Å². The van der Waals surface area contributed by atoms with E-state index in [1.807, 2.05) is 31.2 Å². The Bertz CT molecular complexity index is 2830. The van der Waals surface area contributed by atoms with Gasteiger partial charge in [-0.1, -0.05) is 31.2 Å². The Morgan fingerprint density at radius 3 is 1.64 bits per heavy atom. The molecule has 2 heterocycles. The molecule has 0 aliphatic carbocycles. The van der Waals surface area contributed by atoms with Crippen LogP contribution in [0.2, 0.25) is 0 Å². The molecule has 0 bridgehead atoms. The molecule has 0 spiro atoms. The van der Waals surface area contributed by atoms with Gasteiger partial charge in [0.25, 0.3) is 5.91 Å². The van der Waals surface area contributed by atoms with Crippen molar-refractivity contribution < 1.29 is 112 Å². The van der Waals surface area contributed by atoms with Crippen molar-refractivity contribution in [3.63, 3.8) is 0 Å². The van der Waals surface area contributed by atoms with Crippen molar-refractivity contribution in [2.75, 3.05) is 165 Å². The Hall–Kier alpha value is -6.10. The third kappa shape index (κ3) is 24.7. The fourth-order valence-corrected chi connectivity index (χ4v) is 9.32. The highest BCUT2D eigenvalue weighted by molar-refractivity contribution is 7.85. The van der Waals surface area contributed by atoms with E-state index in [2.05, 4.69) is 15.0 Å². The van der Waals surface area contributed by atoms with E-state index < -0.39 is 74.5 Å². The van der Waals surface area contributed by atoms with Crippen LogP contribution < -0.4 is 15.8 Å². The number of amides is 3. The van der Waals surface area contributed by atoms with E-state index in [0.29, 0.717) is 135 Å². The molecule has 0 aromatic heterocycles. The lowest BCUT2D eigenvalue weighted by Gasteiger charge is -2.24. The van der Waals surface area contributed by atoms with Gasteiger partial charge in [0.2, 0.25) is 29.2 Å². The van der Waals surface area contributed by atoms with Gasteiger partial charge in [-0.3, -0.25) is 23.7 Å². The fraction of sp³-hybridized carbons (Fsp3) is 0.569. The molecule has 25 nitrogen and oxygen atoms in total. The number of carbonyl (C=O) groups excluding carboxylic acids is 4. The molecule has 1 fully saturated rings. The van der Waals surface area contributed by atoms with Crippen molar-refractivity contribution in [3.05, 3.63) is 82.4 Å². The number of nitrogens with two attached hydrogens (primary N) is 1. The third-order valence-corrected chi connectivity index (χ3v) is 13.8. The molecular weight excluding hydrogens is 1190 g/mol. The molecule has 490 valence electrons. The van der Waals surface area contributed by atoms with Gasteiger partial charge in [0, 0.05) is 62.3 Å². The van der Waals surface area contributed by atoms with Gasteiger partial charge < -0.3 is 83.2 Å². The maximum Gasteiger partial charge on any atom is 0.313 e. The monoisotopic (exact) mass is 1270 g/mol. The largest absolute Gasteiger partial charge is 0.420 e. The molecule has 0 saturated carbocycles. The van der Waals surface area contributed by atoms with Gasteiger partial charge >= 0.3 is 16.1 Å². The van der Waals surface area contributed by atoms with Crippen LogP contribution in [-0.4, -0.2) is 240 Å². The molecule has 6 N–H and O–H groups in total. The van der Waals surface area contributed by atoms with Gasteiger partial charge in [-0.25, -0.2) is 13.8 Å². The third-order valence-electron chi connectivity index (χ3n) is 12.9. The van der Waals surface area contributed by atoms with Gasteiger partial charge in [-0.05, 0) is 48.2 Å². The zero-order valence-electron chi connectivity index (χ0n) is 49.1. The second-order valence-electron chi connectivity index (χ2n) is 19.6. The van der Waals surface area contributed by atoms with Crippen molar-refractivity contribution in [1.29, 1.82) is 0 Å². The average molecular weight is 1270 g/mol. The Labute approximate surface area is 508 Å². The lowest BCUT2D eigenvalue weighted by molar-refractivity contribution is -0.136. The molecule has 88 heavy (non-hydrogen) atoms. The number of carbonyl (C=O) groups is 4. The second-order valence-corrected chi connectivity index (χ2v) is 20.9. The molecule has 3 aromatic rings. The van der Waals surface area contributed by atoms with Crippen LogP contribution >= 0.6 is 0 Å². The number of likely N-dealkylation sites (tertiary alicyclic amines) is 1. The first-order valence-corrected chi connectivity index (χ1v) is 30.2. The van der Waals surface area contributed by atoms with Gasteiger partial charge in [0.05, 0.1) is 150 Å². The summed E-state index contributed by atoms with van der Waals surface area (Å²) in [4.78, 5) is 57.6. The van der Waals surface area contributed by atoms with Crippen LogP contribution in [-0.2, 0) is 71.9 Å². The number of hydrogen-bond donors (Lipinski definition) is 5. The number of nitrogens with one attached hydrogen (secondary N) is 1. The van der Waals surface area contributed by atoms with E-state index in [1.54, 1.807) is 29.2 Å². The predicted molar refractivity (Wildman–Crippen MR) is 307 cm³/mol. The number of esters is 1. The number of rotatable bonds is 44. The molecule has 30 heteroatoms. The molecule has 3 aromatic carbocycles. The summed E-state index contributed by atoms with van der Waals surface area (Å²) in [6, 6.07) is 11.8. The van der Waals surface area contributed by atoms with Crippen molar-refractivity contribution in [3.8, 4) is 16.9 Å². The van der Waals surface area contributed by atoms with Gasteiger partial charge in [0.1, 0.15) is 11.9 Å². The number of fused-ring (bicyclic) bond motifs is 1. The van der Waals surface area contributed by atoms with E-state index in [-0.39, 0.29) is 84.0 Å². The zero-order valence-corrected chi connectivity index (χ0v) is 49.9. The highest BCUT2D eigenvalue weighted by Gasteiger charge is 2.39. The zero-order chi connectivity index (χ0) is 63.7. The lowest BCUT2D eigenvalue weighted by atomic mass is 9.99. The maximum atomic E-state index is 14.0. The summed E-state index contributed by atoms with van der Waals surface area (Å²) < 4.78 is 145. The average Bonchev–Trinajstić information content (AvgIpc) is 1.17. The Morgan fingerprint density at radius 1 is 0.682 bits per heavy atom. The van der Waals surface area contributed by atoms with Gasteiger partial charge in [-0.2, -0.15) is 17.2 Å². The Balaban J connectivity index is 0.780. The minimum absolute atomic E-state index is 0.00921. The topological polar surface area (TPSA) is 322 Å². The highest BCUT2D eigenvalue weighted by Crippen LogP contribution is 2.34. The summed E-state index contributed by atoms with van der Waals surface area (Å²) in [5.74, 6) is -13.3. The number of halogens is 4. The van der Waals surface area contributed by atoms with Gasteiger partial charge in [-0.15, -0.1) is 0 Å². The van der Waals surface area contributed by atoms with Crippen LogP contribution in [0.3, 0.4) is 0 Å². The van der Waals surface area contributed by atoms with Crippen LogP contribution in [0.5, 0.6) is 5.75 Å². The molecule has 2 aliphatic rings.